The summed E-state index contributed by atoms with van der Waals surface area (Å²) in [5, 5.41) is 4.64. The van der Waals surface area contributed by atoms with Gasteiger partial charge in [0.2, 0.25) is 0 Å². The van der Waals surface area contributed by atoms with E-state index in [0.29, 0.717) is 11.7 Å². The summed E-state index contributed by atoms with van der Waals surface area (Å²) >= 11 is 4.91. The number of rotatable bonds is 2. The molecule has 0 aliphatic carbocycles. The fraction of sp³-hybridized carbons (Fsp3) is 0.182. The number of para-hydroxylation sites is 1. The average Bonchev–Trinajstić information content (AvgIpc) is 2.69. The standard InChI is InChI=1S/C11H12N2OS/c1-14-11(15)13-7-8-6-12-10-5-3-2-4-9(8)10/h2-6,12H,7H2,1H3,(H,13,15). The van der Waals surface area contributed by atoms with Gasteiger partial charge in [-0.25, -0.2) is 0 Å². The first kappa shape index (κ1) is 9.98. The van der Waals surface area contributed by atoms with Crippen LogP contribution in [0.15, 0.2) is 30.5 Å². The van der Waals surface area contributed by atoms with E-state index in [1.54, 1.807) is 7.11 Å². The summed E-state index contributed by atoms with van der Waals surface area (Å²) in [6.07, 6.45) is 1.98. The second-order valence-electron chi connectivity index (χ2n) is 3.20. The molecule has 0 atom stereocenters. The van der Waals surface area contributed by atoms with Gasteiger partial charge in [0.15, 0.2) is 0 Å². The van der Waals surface area contributed by atoms with Crippen LogP contribution in [-0.2, 0) is 11.3 Å². The number of H-pyrrole nitrogens is 1. The van der Waals surface area contributed by atoms with Crippen molar-refractivity contribution in [3.63, 3.8) is 0 Å². The molecule has 2 aromatic rings. The van der Waals surface area contributed by atoms with E-state index in [1.165, 1.54) is 10.9 Å². The Morgan fingerprint density at radius 1 is 1.47 bits per heavy atom. The van der Waals surface area contributed by atoms with Crippen molar-refractivity contribution in [2.24, 2.45) is 0 Å². The Morgan fingerprint density at radius 3 is 3.07 bits per heavy atom. The topological polar surface area (TPSA) is 37.0 Å². The highest BCUT2D eigenvalue weighted by molar-refractivity contribution is 7.80. The van der Waals surface area contributed by atoms with Crippen molar-refractivity contribution in [2.45, 2.75) is 6.54 Å². The molecule has 0 bridgehead atoms. The molecule has 3 nitrogen and oxygen atoms in total. The first-order valence-corrected chi connectivity index (χ1v) is 5.09. The average molecular weight is 220 g/mol. The van der Waals surface area contributed by atoms with E-state index < -0.39 is 0 Å². The SMILES string of the molecule is COC(=S)NCc1c[nH]c2ccccc12. The van der Waals surface area contributed by atoms with Crippen molar-refractivity contribution < 1.29 is 4.74 Å². The number of fused-ring (bicyclic) bond motifs is 1. The summed E-state index contributed by atoms with van der Waals surface area (Å²) in [5.41, 5.74) is 2.32. The van der Waals surface area contributed by atoms with Crippen LogP contribution in [0.2, 0.25) is 0 Å². The molecule has 0 fully saturated rings. The van der Waals surface area contributed by atoms with E-state index in [1.807, 2.05) is 24.4 Å². The van der Waals surface area contributed by atoms with E-state index in [2.05, 4.69) is 16.4 Å². The third-order valence-electron chi connectivity index (χ3n) is 2.28. The zero-order valence-electron chi connectivity index (χ0n) is 8.41. The second-order valence-corrected chi connectivity index (χ2v) is 3.58. The summed E-state index contributed by atoms with van der Waals surface area (Å²) in [7, 11) is 1.56. The van der Waals surface area contributed by atoms with E-state index in [-0.39, 0.29) is 0 Å². The molecule has 0 radical (unpaired) electrons. The zero-order valence-corrected chi connectivity index (χ0v) is 9.23. The van der Waals surface area contributed by atoms with E-state index in [4.69, 9.17) is 17.0 Å². The molecule has 78 valence electrons. The van der Waals surface area contributed by atoms with Crippen LogP contribution in [0.4, 0.5) is 0 Å². The van der Waals surface area contributed by atoms with Crippen LogP contribution >= 0.6 is 12.2 Å². The number of thiocarbonyl (C=S) groups is 1. The molecule has 0 spiro atoms. The smallest absolute Gasteiger partial charge is 0.256 e. The van der Waals surface area contributed by atoms with Crippen molar-refractivity contribution in [3.8, 4) is 0 Å². The van der Waals surface area contributed by atoms with Gasteiger partial charge in [-0.2, -0.15) is 0 Å². The van der Waals surface area contributed by atoms with Crippen LogP contribution in [0.1, 0.15) is 5.56 Å². The lowest BCUT2D eigenvalue weighted by atomic mass is 10.2. The number of methoxy groups -OCH3 is 1. The fourth-order valence-electron chi connectivity index (χ4n) is 1.52. The Labute approximate surface area is 93.4 Å². The van der Waals surface area contributed by atoms with Gasteiger partial charge >= 0.3 is 0 Å². The molecule has 2 rings (SSSR count). The lowest BCUT2D eigenvalue weighted by Crippen LogP contribution is -2.21. The maximum Gasteiger partial charge on any atom is 0.256 e. The maximum absolute atomic E-state index is 4.91. The Bertz CT molecular complexity index is 478. The molecule has 1 heterocycles. The number of hydrogen-bond donors (Lipinski definition) is 2. The van der Waals surface area contributed by atoms with Crippen molar-refractivity contribution in [1.82, 2.24) is 10.3 Å². The number of aromatic amines is 1. The molecule has 1 aromatic heterocycles. The summed E-state index contributed by atoms with van der Waals surface area (Å²) in [6.45, 7) is 0.677. The lowest BCUT2D eigenvalue weighted by molar-refractivity contribution is 0.392. The van der Waals surface area contributed by atoms with Gasteiger partial charge in [-0.1, -0.05) is 18.2 Å². The third kappa shape index (κ3) is 2.10. The van der Waals surface area contributed by atoms with Gasteiger partial charge in [0.25, 0.3) is 5.17 Å². The van der Waals surface area contributed by atoms with Gasteiger partial charge in [-0.3, -0.25) is 0 Å². The van der Waals surface area contributed by atoms with Gasteiger partial charge in [-0.05, 0) is 23.8 Å². The fourth-order valence-corrected chi connectivity index (χ4v) is 1.59. The Balaban J connectivity index is 2.18. The molecular formula is C11H12N2OS. The minimum atomic E-state index is 0.417. The number of nitrogens with one attached hydrogen (secondary N) is 2. The van der Waals surface area contributed by atoms with E-state index in [0.717, 1.165) is 5.52 Å². The normalized spacial score (nSPS) is 10.2. The second kappa shape index (κ2) is 4.31. The van der Waals surface area contributed by atoms with Gasteiger partial charge in [-0.15, -0.1) is 0 Å². The van der Waals surface area contributed by atoms with Crippen molar-refractivity contribution in [1.29, 1.82) is 0 Å². The van der Waals surface area contributed by atoms with E-state index >= 15 is 0 Å². The summed E-state index contributed by atoms with van der Waals surface area (Å²) in [5.74, 6) is 0. The Morgan fingerprint density at radius 2 is 2.27 bits per heavy atom. The molecule has 1 aromatic carbocycles. The van der Waals surface area contributed by atoms with Crippen molar-refractivity contribution in [2.75, 3.05) is 7.11 Å². The summed E-state index contributed by atoms with van der Waals surface area (Å²) < 4.78 is 4.87. The molecule has 15 heavy (non-hydrogen) atoms. The summed E-state index contributed by atoms with van der Waals surface area (Å²) in [4.78, 5) is 3.21. The Kier molecular flexibility index (Phi) is 2.87. The molecule has 0 aliphatic heterocycles. The monoisotopic (exact) mass is 220 g/mol. The minimum Gasteiger partial charge on any atom is -0.474 e. The predicted octanol–water partition coefficient (Wildman–Crippen LogP) is 2.19. The minimum absolute atomic E-state index is 0.417. The van der Waals surface area contributed by atoms with Gasteiger partial charge in [0.05, 0.1) is 7.11 Å². The lowest BCUT2D eigenvalue weighted by Gasteiger charge is -2.04. The van der Waals surface area contributed by atoms with Crippen LogP contribution in [0.5, 0.6) is 0 Å². The van der Waals surface area contributed by atoms with Crippen molar-refractivity contribution in [3.05, 3.63) is 36.0 Å². The van der Waals surface area contributed by atoms with Crippen LogP contribution in [0, 0.1) is 0 Å². The largest absolute Gasteiger partial charge is 0.474 e. The summed E-state index contributed by atoms with van der Waals surface area (Å²) in [6, 6.07) is 8.16. The van der Waals surface area contributed by atoms with Crippen LogP contribution in [0.3, 0.4) is 0 Å². The predicted molar refractivity (Wildman–Crippen MR) is 64.7 cm³/mol. The molecule has 0 unspecified atom stereocenters. The van der Waals surface area contributed by atoms with E-state index in [9.17, 15) is 0 Å². The highest BCUT2D eigenvalue weighted by Crippen LogP contribution is 2.17. The molecule has 0 saturated heterocycles. The molecular weight excluding hydrogens is 208 g/mol. The quantitative estimate of drug-likeness (QED) is 0.762. The number of ether oxygens (including phenoxy) is 1. The molecule has 2 N–H and O–H groups in total. The Hall–Kier alpha value is -1.55. The maximum atomic E-state index is 4.91. The van der Waals surface area contributed by atoms with Gasteiger partial charge in [0.1, 0.15) is 0 Å². The van der Waals surface area contributed by atoms with Crippen LogP contribution in [0.25, 0.3) is 10.9 Å². The first-order chi connectivity index (χ1) is 7.31. The first-order valence-electron chi connectivity index (χ1n) is 4.68. The zero-order chi connectivity index (χ0) is 10.7. The molecule has 0 aliphatic rings. The van der Waals surface area contributed by atoms with Crippen LogP contribution in [-0.4, -0.2) is 17.3 Å². The molecule has 0 saturated carbocycles. The highest BCUT2D eigenvalue weighted by atomic mass is 32.1. The number of aromatic nitrogens is 1. The number of hydrogen-bond acceptors (Lipinski definition) is 2. The van der Waals surface area contributed by atoms with Gasteiger partial charge < -0.3 is 15.0 Å². The van der Waals surface area contributed by atoms with Gasteiger partial charge in [0, 0.05) is 23.6 Å². The molecule has 4 heteroatoms. The van der Waals surface area contributed by atoms with Crippen LogP contribution < -0.4 is 5.32 Å². The molecule has 0 amide bonds. The highest BCUT2D eigenvalue weighted by Gasteiger charge is 2.02. The number of benzene rings is 1. The van der Waals surface area contributed by atoms with Crippen molar-refractivity contribution >= 4 is 28.3 Å². The third-order valence-corrected chi connectivity index (χ3v) is 2.59.